The molecule has 2 rings (SSSR count). The van der Waals surface area contributed by atoms with Crippen LogP contribution in [0.5, 0.6) is 11.5 Å². The Morgan fingerprint density at radius 1 is 1.16 bits per heavy atom. The van der Waals surface area contributed by atoms with Gasteiger partial charge in [0, 0.05) is 37.6 Å². The van der Waals surface area contributed by atoms with E-state index in [1.807, 2.05) is 30.5 Å². The summed E-state index contributed by atoms with van der Waals surface area (Å²) in [6.45, 7) is 4.33. The number of nitrogens with zero attached hydrogens (tertiary/aromatic N) is 2. The van der Waals surface area contributed by atoms with Crippen LogP contribution < -0.4 is 20.1 Å². The summed E-state index contributed by atoms with van der Waals surface area (Å²) in [5.41, 5.74) is 0. The summed E-state index contributed by atoms with van der Waals surface area (Å²) in [5.74, 6) is 2.48. The molecular weight excluding hydrogens is 336 g/mol. The van der Waals surface area contributed by atoms with Gasteiger partial charge in [-0.05, 0) is 37.6 Å². The molecule has 2 N–H and O–H groups in total. The topological polar surface area (TPSA) is 67.8 Å². The van der Waals surface area contributed by atoms with Crippen LogP contribution in [0.1, 0.15) is 16.3 Å². The van der Waals surface area contributed by atoms with Crippen LogP contribution in [0.3, 0.4) is 0 Å². The van der Waals surface area contributed by atoms with E-state index in [0.29, 0.717) is 6.61 Å². The first-order valence-electron chi connectivity index (χ1n) is 8.34. The third-order valence-corrected chi connectivity index (χ3v) is 4.44. The van der Waals surface area contributed by atoms with Gasteiger partial charge >= 0.3 is 0 Å². The number of aliphatic imine (C=N–C) groups is 1. The minimum Gasteiger partial charge on any atom is -0.497 e. The minimum atomic E-state index is 0.648. The molecule has 0 atom stereocenters. The Morgan fingerprint density at radius 3 is 2.52 bits per heavy atom. The second-order valence-corrected chi connectivity index (χ2v) is 6.74. The lowest BCUT2D eigenvalue weighted by molar-refractivity contribution is 0.310. The van der Waals surface area contributed by atoms with Crippen molar-refractivity contribution in [3.05, 3.63) is 40.3 Å². The zero-order valence-electron chi connectivity index (χ0n) is 15.0. The summed E-state index contributed by atoms with van der Waals surface area (Å²) >= 11 is 1.74. The molecule has 0 saturated heterocycles. The Morgan fingerprint density at radius 2 is 1.88 bits per heavy atom. The van der Waals surface area contributed by atoms with Crippen LogP contribution in [-0.2, 0) is 6.42 Å². The van der Waals surface area contributed by atoms with Gasteiger partial charge in [-0.2, -0.15) is 0 Å². The number of hydrogen-bond acceptors (Lipinski definition) is 5. The van der Waals surface area contributed by atoms with Crippen LogP contribution in [0.15, 0.2) is 35.5 Å². The fraction of sp³-hybridized carbons (Fsp3) is 0.444. The van der Waals surface area contributed by atoms with E-state index in [-0.39, 0.29) is 0 Å². The first-order valence-corrected chi connectivity index (χ1v) is 9.15. The van der Waals surface area contributed by atoms with Crippen molar-refractivity contribution >= 4 is 17.3 Å². The number of guanidine groups is 1. The van der Waals surface area contributed by atoms with Crippen LogP contribution in [0.25, 0.3) is 0 Å². The van der Waals surface area contributed by atoms with E-state index in [9.17, 15) is 0 Å². The van der Waals surface area contributed by atoms with Gasteiger partial charge < -0.3 is 20.1 Å². The van der Waals surface area contributed by atoms with Crippen LogP contribution in [0.2, 0.25) is 0 Å². The van der Waals surface area contributed by atoms with Crippen LogP contribution in [0, 0.1) is 6.92 Å². The molecule has 0 aliphatic carbocycles. The molecule has 1 heterocycles. The van der Waals surface area contributed by atoms with E-state index in [2.05, 4.69) is 27.5 Å². The monoisotopic (exact) mass is 362 g/mol. The molecule has 6 nitrogen and oxygen atoms in total. The van der Waals surface area contributed by atoms with Crippen molar-refractivity contribution in [3.8, 4) is 11.5 Å². The van der Waals surface area contributed by atoms with Gasteiger partial charge in [-0.1, -0.05) is 0 Å². The highest BCUT2D eigenvalue weighted by Crippen LogP contribution is 2.16. The fourth-order valence-corrected chi connectivity index (χ4v) is 2.95. The molecule has 0 amide bonds. The molecule has 7 heteroatoms. The number of thiazole rings is 1. The zero-order chi connectivity index (χ0) is 17.9. The molecule has 1 aromatic carbocycles. The smallest absolute Gasteiger partial charge is 0.190 e. The van der Waals surface area contributed by atoms with Crippen molar-refractivity contribution in [1.82, 2.24) is 15.6 Å². The van der Waals surface area contributed by atoms with Crippen LogP contribution in [-0.4, -0.2) is 44.8 Å². The highest BCUT2D eigenvalue weighted by molar-refractivity contribution is 7.11. The largest absolute Gasteiger partial charge is 0.497 e. The van der Waals surface area contributed by atoms with Crippen molar-refractivity contribution in [2.24, 2.45) is 4.99 Å². The molecule has 0 aliphatic heterocycles. The predicted molar refractivity (Wildman–Crippen MR) is 103 cm³/mol. The second kappa shape index (κ2) is 10.6. The van der Waals surface area contributed by atoms with E-state index in [0.717, 1.165) is 48.4 Å². The molecule has 0 radical (unpaired) electrons. The van der Waals surface area contributed by atoms with E-state index < -0.39 is 0 Å². The van der Waals surface area contributed by atoms with Crippen LogP contribution >= 0.6 is 11.3 Å². The molecule has 0 spiro atoms. The number of benzene rings is 1. The maximum atomic E-state index is 5.70. The molecule has 2 aromatic rings. The third kappa shape index (κ3) is 7.01. The third-order valence-electron chi connectivity index (χ3n) is 3.47. The van der Waals surface area contributed by atoms with Crippen molar-refractivity contribution < 1.29 is 9.47 Å². The van der Waals surface area contributed by atoms with Gasteiger partial charge in [0.15, 0.2) is 5.96 Å². The maximum Gasteiger partial charge on any atom is 0.190 e. The van der Waals surface area contributed by atoms with E-state index >= 15 is 0 Å². The summed E-state index contributed by atoms with van der Waals surface area (Å²) in [6, 6.07) is 7.60. The zero-order valence-corrected chi connectivity index (χ0v) is 15.9. The standard InChI is InChI=1S/C18H26N4O2S/c1-14-13-22-17(25-14)9-11-21-18(19-2)20-10-4-12-24-16-7-5-15(23-3)6-8-16/h5-8,13H,4,9-12H2,1-3H3,(H2,19,20,21). The number of hydrogen-bond donors (Lipinski definition) is 2. The summed E-state index contributed by atoms with van der Waals surface area (Å²) in [5, 5.41) is 7.73. The maximum absolute atomic E-state index is 5.70. The average molecular weight is 362 g/mol. The number of nitrogens with one attached hydrogen (secondary N) is 2. The summed E-state index contributed by atoms with van der Waals surface area (Å²) in [7, 11) is 3.43. The lowest BCUT2D eigenvalue weighted by Crippen LogP contribution is -2.39. The molecule has 0 unspecified atom stereocenters. The molecule has 1 aromatic heterocycles. The van der Waals surface area contributed by atoms with Gasteiger partial charge in [-0.15, -0.1) is 11.3 Å². The van der Waals surface area contributed by atoms with Crippen molar-refractivity contribution in [1.29, 1.82) is 0 Å². The van der Waals surface area contributed by atoms with E-state index in [1.54, 1.807) is 25.5 Å². The first-order chi connectivity index (χ1) is 12.2. The Balaban J connectivity index is 1.57. The molecular formula is C18H26N4O2S. The van der Waals surface area contributed by atoms with Gasteiger partial charge in [-0.25, -0.2) is 4.98 Å². The van der Waals surface area contributed by atoms with Crippen molar-refractivity contribution in [3.63, 3.8) is 0 Å². The Hall–Kier alpha value is -2.28. The van der Waals surface area contributed by atoms with Crippen molar-refractivity contribution in [2.75, 3.05) is 33.9 Å². The number of aryl methyl sites for hydroxylation is 1. The summed E-state index contributed by atoms with van der Waals surface area (Å²) < 4.78 is 10.8. The fourth-order valence-electron chi connectivity index (χ4n) is 2.17. The first kappa shape index (κ1) is 19.1. The predicted octanol–water partition coefficient (Wildman–Crippen LogP) is 2.64. The highest BCUT2D eigenvalue weighted by Gasteiger charge is 2.01. The molecule has 0 aliphatic rings. The van der Waals surface area contributed by atoms with Gasteiger partial charge in [-0.3, -0.25) is 4.99 Å². The lowest BCUT2D eigenvalue weighted by atomic mass is 10.3. The number of ether oxygens (including phenoxy) is 2. The summed E-state index contributed by atoms with van der Waals surface area (Å²) in [4.78, 5) is 9.83. The molecule has 0 saturated carbocycles. The van der Waals surface area contributed by atoms with Gasteiger partial charge in [0.2, 0.25) is 0 Å². The van der Waals surface area contributed by atoms with Gasteiger partial charge in [0.25, 0.3) is 0 Å². The Kier molecular flexibility index (Phi) is 8.04. The van der Waals surface area contributed by atoms with E-state index in [1.165, 1.54) is 4.88 Å². The summed E-state index contributed by atoms with van der Waals surface area (Å²) in [6.07, 6.45) is 3.70. The lowest BCUT2D eigenvalue weighted by Gasteiger charge is -2.12. The molecule has 136 valence electrons. The second-order valence-electron chi connectivity index (χ2n) is 5.42. The molecule has 25 heavy (non-hydrogen) atoms. The van der Waals surface area contributed by atoms with E-state index in [4.69, 9.17) is 9.47 Å². The Bertz CT molecular complexity index is 655. The molecule has 0 bridgehead atoms. The quantitative estimate of drug-likeness (QED) is 0.408. The number of methoxy groups -OCH3 is 1. The van der Waals surface area contributed by atoms with Gasteiger partial charge in [0.05, 0.1) is 18.7 Å². The van der Waals surface area contributed by atoms with Gasteiger partial charge in [0.1, 0.15) is 11.5 Å². The highest BCUT2D eigenvalue weighted by atomic mass is 32.1. The van der Waals surface area contributed by atoms with Crippen LogP contribution in [0.4, 0.5) is 0 Å². The Labute approximate surface area is 153 Å². The number of rotatable bonds is 9. The normalized spacial score (nSPS) is 11.2. The minimum absolute atomic E-state index is 0.648. The van der Waals surface area contributed by atoms with Crippen molar-refractivity contribution in [2.45, 2.75) is 19.8 Å². The average Bonchev–Trinajstić information content (AvgIpc) is 3.05. The molecule has 0 fully saturated rings. The number of aromatic nitrogens is 1. The SMILES string of the molecule is CN=C(NCCCOc1ccc(OC)cc1)NCCc1ncc(C)s1.